The van der Waals surface area contributed by atoms with Crippen molar-refractivity contribution >= 4 is 38.6 Å². The lowest BCUT2D eigenvalue weighted by molar-refractivity contribution is -0.137. The lowest BCUT2D eigenvalue weighted by Crippen LogP contribution is -2.39. The number of rotatable bonds is 10. The van der Waals surface area contributed by atoms with Gasteiger partial charge in [0.2, 0.25) is 0 Å². The van der Waals surface area contributed by atoms with Gasteiger partial charge in [-0.1, -0.05) is 60.7 Å². The molecule has 0 fully saturated rings. The second kappa shape index (κ2) is 13.0. The molecule has 0 bridgehead atoms. The summed E-state index contributed by atoms with van der Waals surface area (Å²) in [6.07, 6.45) is -3.35. The fourth-order valence-corrected chi connectivity index (χ4v) is 5.80. The first-order valence-corrected chi connectivity index (χ1v) is 14.8. The minimum atomic E-state index is -4.71. The topological polar surface area (TPSA) is 88.1 Å². The van der Waals surface area contributed by atoms with E-state index < -0.39 is 34.2 Å². The van der Waals surface area contributed by atoms with Gasteiger partial charge < -0.3 is 4.74 Å². The number of fused-ring (bicyclic) bond motifs is 1. The Bertz CT molecular complexity index is 1900. The van der Waals surface area contributed by atoms with Crippen LogP contribution in [0.2, 0.25) is 0 Å². The van der Waals surface area contributed by atoms with Crippen LogP contribution in [-0.4, -0.2) is 27.1 Å². The molecule has 0 saturated heterocycles. The number of hydrogen-bond acceptors (Lipinski definition) is 5. The summed E-state index contributed by atoms with van der Waals surface area (Å²) in [5.41, 5.74) is 2.52. The molecule has 1 amide bonds. The molecule has 0 spiro atoms. The van der Waals surface area contributed by atoms with Gasteiger partial charge >= 0.3 is 6.18 Å². The summed E-state index contributed by atoms with van der Waals surface area (Å²) < 4.78 is 73.3. The molecular weight excluding hydrogens is 591 g/mol. The average Bonchev–Trinajstić information content (AvgIpc) is 3.03. The molecule has 44 heavy (non-hydrogen) atoms. The lowest BCUT2D eigenvalue weighted by atomic mass is 10.1. The van der Waals surface area contributed by atoms with E-state index in [4.69, 9.17) is 4.74 Å². The van der Waals surface area contributed by atoms with Gasteiger partial charge in [-0.25, -0.2) is 13.8 Å². The zero-order chi connectivity index (χ0) is 31.2. The lowest BCUT2D eigenvalue weighted by Gasteiger charge is -2.24. The summed E-state index contributed by atoms with van der Waals surface area (Å²) in [5.74, 6) is -0.226. The predicted octanol–water partition coefficient (Wildman–Crippen LogP) is 6.78. The number of halogens is 3. The molecule has 0 unspecified atom stereocenters. The SMILES string of the molecule is O=C(CN(c1cccc(C(F)(F)F)c1)S(=O)(=O)c1ccccc1)N/N=C\c1ccc(OCc2ccc3ccccc3c2)cc1. The molecule has 0 heterocycles. The van der Waals surface area contributed by atoms with Crippen molar-refractivity contribution in [1.82, 2.24) is 5.43 Å². The van der Waals surface area contributed by atoms with Gasteiger partial charge in [-0.05, 0) is 82.6 Å². The molecule has 11 heteroatoms. The van der Waals surface area contributed by atoms with E-state index >= 15 is 0 Å². The number of nitrogens with one attached hydrogen (secondary N) is 1. The molecule has 0 radical (unpaired) electrons. The van der Waals surface area contributed by atoms with Gasteiger partial charge in [-0.2, -0.15) is 18.3 Å². The fourth-order valence-electron chi connectivity index (χ4n) is 4.36. The number of carbonyl (C=O) groups is 1. The van der Waals surface area contributed by atoms with Crippen LogP contribution in [0.15, 0.2) is 131 Å². The van der Waals surface area contributed by atoms with Crippen LogP contribution in [-0.2, 0) is 27.6 Å². The van der Waals surface area contributed by atoms with Gasteiger partial charge in [0, 0.05) is 0 Å². The highest BCUT2D eigenvalue weighted by Crippen LogP contribution is 2.33. The minimum absolute atomic E-state index is 0.184. The quantitative estimate of drug-likeness (QED) is 0.138. The highest BCUT2D eigenvalue weighted by atomic mass is 32.2. The summed E-state index contributed by atoms with van der Waals surface area (Å²) in [6.45, 7) is -0.431. The van der Waals surface area contributed by atoms with E-state index in [1.54, 1.807) is 30.3 Å². The summed E-state index contributed by atoms with van der Waals surface area (Å²) >= 11 is 0. The van der Waals surface area contributed by atoms with Crippen molar-refractivity contribution in [3.8, 4) is 5.75 Å². The van der Waals surface area contributed by atoms with Crippen LogP contribution in [0.5, 0.6) is 5.75 Å². The molecule has 0 saturated carbocycles. The van der Waals surface area contributed by atoms with E-state index in [2.05, 4.69) is 16.6 Å². The van der Waals surface area contributed by atoms with Gasteiger partial charge in [0.25, 0.3) is 15.9 Å². The molecule has 0 aliphatic carbocycles. The molecule has 5 rings (SSSR count). The zero-order valence-corrected chi connectivity index (χ0v) is 23.9. The summed E-state index contributed by atoms with van der Waals surface area (Å²) in [6, 6.07) is 32.0. The number of ether oxygens (including phenoxy) is 1. The van der Waals surface area contributed by atoms with Crippen molar-refractivity contribution in [2.75, 3.05) is 10.8 Å². The molecule has 1 N–H and O–H groups in total. The number of anilines is 1. The second-order valence-corrected chi connectivity index (χ2v) is 11.6. The average molecular weight is 618 g/mol. The summed E-state index contributed by atoms with van der Waals surface area (Å²) in [5, 5.41) is 6.15. The van der Waals surface area contributed by atoms with Crippen molar-refractivity contribution in [2.45, 2.75) is 17.7 Å². The third-order valence-corrected chi connectivity index (χ3v) is 8.37. The van der Waals surface area contributed by atoms with E-state index in [1.165, 1.54) is 36.5 Å². The third-order valence-electron chi connectivity index (χ3n) is 6.58. The first kappa shape index (κ1) is 30.3. The molecule has 5 aromatic carbocycles. The Labute approximate surface area is 252 Å². The van der Waals surface area contributed by atoms with E-state index in [0.717, 1.165) is 28.5 Å². The molecule has 5 aromatic rings. The molecule has 0 aliphatic rings. The number of nitrogens with zero attached hydrogens (tertiary/aromatic N) is 2. The highest BCUT2D eigenvalue weighted by Gasteiger charge is 2.33. The third kappa shape index (κ3) is 7.42. The number of alkyl halides is 3. The molecule has 0 atom stereocenters. The smallest absolute Gasteiger partial charge is 0.416 e. The van der Waals surface area contributed by atoms with Crippen LogP contribution in [0.4, 0.5) is 18.9 Å². The van der Waals surface area contributed by atoms with E-state index in [0.29, 0.717) is 28.3 Å². The maximum atomic E-state index is 13.4. The van der Waals surface area contributed by atoms with Crippen molar-refractivity contribution in [3.63, 3.8) is 0 Å². The van der Waals surface area contributed by atoms with Gasteiger partial charge in [0.1, 0.15) is 18.9 Å². The molecule has 0 aliphatic heterocycles. The van der Waals surface area contributed by atoms with Crippen LogP contribution in [0.3, 0.4) is 0 Å². The Morgan fingerprint density at radius 1 is 0.818 bits per heavy atom. The van der Waals surface area contributed by atoms with Crippen molar-refractivity contribution in [1.29, 1.82) is 0 Å². The van der Waals surface area contributed by atoms with Crippen molar-refractivity contribution < 1.29 is 31.1 Å². The van der Waals surface area contributed by atoms with Crippen LogP contribution in [0.1, 0.15) is 16.7 Å². The van der Waals surface area contributed by atoms with Gasteiger partial charge in [-0.15, -0.1) is 0 Å². The Kier molecular flexibility index (Phi) is 8.96. The Morgan fingerprint density at radius 2 is 1.52 bits per heavy atom. The molecule has 7 nitrogen and oxygen atoms in total. The highest BCUT2D eigenvalue weighted by molar-refractivity contribution is 7.92. The standard InChI is InChI=1S/C33H26F3N3O4S/c34-33(35,36)28-9-6-10-29(20-28)39(44(41,42)31-11-2-1-3-12-31)22-32(40)38-37-21-24-14-17-30(18-15-24)43-23-25-13-16-26-7-4-5-8-27(26)19-25/h1-21H,22-23H2,(H,38,40)/b37-21-. The number of benzene rings is 5. The predicted molar refractivity (Wildman–Crippen MR) is 163 cm³/mol. The van der Waals surface area contributed by atoms with Crippen LogP contribution in [0.25, 0.3) is 10.8 Å². The Hall–Kier alpha value is -5.16. The van der Waals surface area contributed by atoms with Crippen molar-refractivity contribution in [3.05, 3.63) is 138 Å². The van der Waals surface area contributed by atoms with Gasteiger partial charge in [0.05, 0.1) is 22.4 Å². The van der Waals surface area contributed by atoms with E-state index in [-0.39, 0.29) is 10.6 Å². The van der Waals surface area contributed by atoms with Crippen LogP contribution in [0, 0.1) is 0 Å². The second-order valence-electron chi connectivity index (χ2n) is 9.71. The number of sulfonamides is 1. The Balaban J connectivity index is 1.24. The molecule has 224 valence electrons. The number of hydrogen-bond donors (Lipinski definition) is 1. The molecular formula is C33H26F3N3O4S. The van der Waals surface area contributed by atoms with Crippen LogP contribution < -0.4 is 14.5 Å². The van der Waals surface area contributed by atoms with Gasteiger partial charge in [-0.3, -0.25) is 9.10 Å². The first-order chi connectivity index (χ1) is 21.1. The van der Waals surface area contributed by atoms with E-state index in [9.17, 15) is 26.4 Å². The minimum Gasteiger partial charge on any atom is -0.489 e. The zero-order valence-electron chi connectivity index (χ0n) is 23.1. The number of hydrazone groups is 1. The maximum Gasteiger partial charge on any atom is 0.416 e. The van der Waals surface area contributed by atoms with E-state index in [1.807, 2.05) is 36.4 Å². The Morgan fingerprint density at radius 3 is 2.25 bits per heavy atom. The van der Waals surface area contributed by atoms with Crippen LogP contribution >= 0.6 is 0 Å². The number of carbonyl (C=O) groups excluding carboxylic acids is 1. The summed E-state index contributed by atoms with van der Waals surface area (Å²) in [4.78, 5) is 12.6. The largest absolute Gasteiger partial charge is 0.489 e. The monoisotopic (exact) mass is 617 g/mol. The van der Waals surface area contributed by atoms with Gasteiger partial charge in [0.15, 0.2) is 0 Å². The maximum absolute atomic E-state index is 13.4. The fraction of sp³-hybridized carbons (Fsp3) is 0.0909. The normalized spacial score (nSPS) is 11.9. The number of amides is 1. The molecule has 0 aromatic heterocycles. The van der Waals surface area contributed by atoms with Crippen molar-refractivity contribution in [2.24, 2.45) is 5.10 Å². The first-order valence-electron chi connectivity index (χ1n) is 13.4. The summed E-state index contributed by atoms with van der Waals surface area (Å²) in [7, 11) is -4.39.